The fourth-order valence-electron chi connectivity index (χ4n) is 3.77. The second-order valence-corrected chi connectivity index (χ2v) is 9.18. The van der Waals surface area contributed by atoms with Gasteiger partial charge in [-0.1, -0.05) is 11.8 Å². The first-order valence-electron chi connectivity index (χ1n) is 8.76. The third-order valence-electron chi connectivity index (χ3n) is 5.59. The highest BCUT2D eigenvalue weighted by atomic mass is 32.2. The van der Waals surface area contributed by atoms with E-state index in [4.69, 9.17) is 15.5 Å². The number of carbonyl (C=O) groups excluding carboxylic acids is 1. The molecule has 138 valence electrons. The Morgan fingerprint density at radius 2 is 2.35 bits per heavy atom. The monoisotopic (exact) mass is 391 g/mol. The molecule has 1 aliphatic carbocycles. The number of nitrogens with two attached hydrogens (primary N) is 1. The summed E-state index contributed by atoms with van der Waals surface area (Å²) in [5.74, 6) is 1.42. The largest absolute Gasteiger partial charge is 0.379 e. The van der Waals surface area contributed by atoms with Gasteiger partial charge in [-0.15, -0.1) is 11.3 Å². The maximum atomic E-state index is 12.5. The van der Waals surface area contributed by atoms with Crippen LogP contribution in [0.15, 0.2) is 10.4 Å². The minimum atomic E-state index is -0.891. The highest BCUT2D eigenvalue weighted by molar-refractivity contribution is 8.13. The molecule has 3 atom stereocenters. The van der Waals surface area contributed by atoms with E-state index >= 15 is 0 Å². The van der Waals surface area contributed by atoms with Crippen molar-refractivity contribution >= 4 is 40.0 Å². The molecule has 2 aliphatic heterocycles. The van der Waals surface area contributed by atoms with E-state index in [1.165, 1.54) is 11.3 Å². The van der Waals surface area contributed by atoms with Crippen LogP contribution >= 0.6 is 23.1 Å². The zero-order valence-corrected chi connectivity index (χ0v) is 16.2. The zero-order valence-electron chi connectivity index (χ0n) is 14.5. The Labute approximate surface area is 160 Å². The molecular formula is C17H21N5O2S2. The van der Waals surface area contributed by atoms with E-state index in [1.807, 2.05) is 5.38 Å². The number of nitrogens with one attached hydrogen (secondary N) is 1. The average molecular weight is 392 g/mol. The molecule has 9 heteroatoms. The number of hydrogen-bond acceptors (Lipinski definition) is 8. The Bertz CT molecular complexity index is 797. The Balaban J connectivity index is 1.59. The van der Waals surface area contributed by atoms with Crippen molar-refractivity contribution < 1.29 is 9.53 Å². The summed E-state index contributed by atoms with van der Waals surface area (Å²) in [6.07, 6.45) is 3.23. The molecule has 0 spiro atoms. The Morgan fingerprint density at radius 1 is 1.54 bits per heavy atom. The molecule has 4 rings (SSSR count). The first kappa shape index (κ1) is 17.8. The van der Waals surface area contributed by atoms with E-state index in [1.54, 1.807) is 11.8 Å². The summed E-state index contributed by atoms with van der Waals surface area (Å²) in [4.78, 5) is 21.8. The summed E-state index contributed by atoms with van der Waals surface area (Å²) in [5.41, 5.74) is 4.55. The number of fused-ring (bicyclic) bond motifs is 1. The molecule has 1 unspecified atom stereocenters. The van der Waals surface area contributed by atoms with Gasteiger partial charge in [-0.25, -0.2) is 9.98 Å². The predicted molar refractivity (Wildman–Crippen MR) is 102 cm³/mol. The SMILES string of the molecule is C[C@H]1C[C@H]2CSC(N)=NC2(c2nc(NC(=O)C3(C#N)CCC3)cs2)CO1. The lowest BCUT2D eigenvalue weighted by Gasteiger charge is -2.44. The van der Waals surface area contributed by atoms with E-state index in [2.05, 4.69) is 23.3 Å². The number of aromatic nitrogens is 1. The fraction of sp³-hybridized carbons (Fsp3) is 0.647. The molecule has 7 nitrogen and oxygen atoms in total. The Morgan fingerprint density at radius 3 is 3.04 bits per heavy atom. The summed E-state index contributed by atoms with van der Waals surface area (Å²) in [6.45, 7) is 2.52. The molecule has 1 amide bonds. The third kappa shape index (κ3) is 2.80. The summed E-state index contributed by atoms with van der Waals surface area (Å²) in [7, 11) is 0. The summed E-state index contributed by atoms with van der Waals surface area (Å²) in [5, 5.41) is 15.3. The topological polar surface area (TPSA) is 113 Å². The number of thiazole rings is 1. The number of anilines is 1. The number of nitriles is 1. The Hall–Kier alpha value is -1.63. The molecule has 3 aliphatic rings. The first-order valence-corrected chi connectivity index (χ1v) is 10.6. The molecular weight excluding hydrogens is 370 g/mol. The second kappa shape index (κ2) is 6.51. The number of aliphatic imine (C=N–C) groups is 1. The molecule has 0 aromatic carbocycles. The number of nitrogens with zero attached hydrogens (tertiary/aromatic N) is 3. The summed E-state index contributed by atoms with van der Waals surface area (Å²) >= 11 is 3.04. The smallest absolute Gasteiger partial charge is 0.246 e. The quantitative estimate of drug-likeness (QED) is 0.818. The molecule has 1 saturated carbocycles. The number of amides is 1. The predicted octanol–water partition coefficient (Wildman–Crippen LogP) is 2.46. The van der Waals surface area contributed by atoms with Crippen molar-refractivity contribution in [1.82, 2.24) is 4.98 Å². The fourth-order valence-corrected chi connectivity index (χ4v) is 5.74. The number of carbonyl (C=O) groups is 1. The van der Waals surface area contributed by atoms with E-state index in [0.717, 1.165) is 23.6 Å². The average Bonchev–Trinajstić information content (AvgIpc) is 3.04. The summed E-state index contributed by atoms with van der Waals surface area (Å²) < 4.78 is 5.91. The molecule has 0 radical (unpaired) electrons. The van der Waals surface area contributed by atoms with Crippen LogP contribution in [0.3, 0.4) is 0 Å². The lowest BCUT2D eigenvalue weighted by atomic mass is 9.69. The minimum absolute atomic E-state index is 0.191. The molecule has 26 heavy (non-hydrogen) atoms. The van der Waals surface area contributed by atoms with Crippen LogP contribution in [0.4, 0.5) is 5.82 Å². The van der Waals surface area contributed by atoms with Crippen LogP contribution in [0.25, 0.3) is 0 Å². The highest BCUT2D eigenvalue weighted by Crippen LogP contribution is 2.47. The maximum absolute atomic E-state index is 12.5. The third-order valence-corrected chi connectivity index (χ3v) is 7.56. The van der Waals surface area contributed by atoms with Gasteiger partial charge in [0.1, 0.15) is 21.8 Å². The molecule has 1 aromatic rings. The van der Waals surface area contributed by atoms with Gasteiger partial charge in [0.25, 0.3) is 0 Å². The number of thioether (sulfide) groups is 1. The number of hydrogen-bond donors (Lipinski definition) is 2. The van der Waals surface area contributed by atoms with E-state index in [9.17, 15) is 10.1 Å². The van der Waals surface area contributed by atoms with Crippen molar-refractivity contribution in [2.75, 3.05) is 17.7 Å². The van der Waals surface area contributed by atoms with Crippen LogP contribution in [-0.4, -0.2) is 34.5 Å². The lowest BCUT2D eigenvalue weighted by Crippen LogP contribution is -2.49. The van der Waals surface area contributed by atoms with Crippen LogP contribution in [0, 0.1) is 22.7 Å². The minimum Gasteiger partial charge on any atom is -0.379 e. The maximum Gasteiger partial charge on any atom is 0.246 e. The zero-order chi connectivity index (χ0) is 18.4. The molecule has 3 heterocycles. The number of rotatable bonds is 3. The van der Waals surface area contributed by atoms with Crippen LogP contribution < -0.4 is 11.1 Å². The Kier molecular flexibility index (Phi) is 4.45. The molecule has 2 fully saturated rings. The van der Waals surface area contributed by atoms with Gasteiger partial charge in [0.05, 0.1) is 18.8 Å². The van der Waals surface area contributed by atoms with Gasteiger partial charge in [-0.3, -0.25) is 4.79 Å². The van der Waals surface area contributed by atoms with Gasteiger partial charge in [0, 0.05) is 17.1 Å². The van der Waals surface area contributed by atoms with E-state index in [0.29, 0.717) is 36.4 Å². The van der Waals surface area contributed by atoms with Crippen molar-refractivity contribution in [3.05, 3.63) is 10.4 Å². The van der Waals surface area contributed by atoms with E-state index < -0.39 is 11.0 Å². The second-order valence-electron chi connectivity index (χ2n) is 7.28. The summed E-state index contributed by atoms with van der Waals surface area (Å²) in [6, 6.07) is 2.16. The van der Waals surface area contributed by atoms with Crippen LogP contribution in [0.2, 0.25) is 0 Å². The van der Waals surface area contributed by atoms with Crippen molar-refractivity contribution in [3.8, 4) is 6.07 Å². The molecule has 1 aromatic heterocycles. The number of amidine groups is 1. The molecule has 1 saturated heterocycles. The lowest BCUT2D eigenvalue weighted by molar-refractivity contribution is -0.126. The van der Waals surface area contributed by atoms with Crippen molar-refractivity contribution in [2.24, 2.45) is 22.1 Å². The van der Waals surface area contributed by atoms with Gasteiger partial charge in [0.2, 0.25) is 5.91 Å². The molecule has 3 N–H and O–H groups in total. The van der Waals surface area contributed by atoms with Crippen LogP contribution in [-0.2, 0) is 15.1 Å². The number of ether oxygens (including phenoxy) is 1. The van der Waals surface area contributed by atoms with E-state index in [-0.39, 0.29) is 12.0 Å². The van der Waals surface area contributed by atoms with Crippen molar-refractivity contribution in [3.63, 3.8) is 0 Å². The van der Waals surface area contributed by atoms with Gasteiger partial charge in [-0.05, 0) is 32.6 Å². The molecule has 0 bridgehead atoms. The normalized spacial score (nSPS) is 32.5. The van der Waals surface area contributed by atoms with Crippen LogP contribution in [0.5, 0.6) is 0 Å². The van der Waals surface area contributed by atoms with Crippen LogP contribution in [0.1, 0.15) is 37.6 Å². The van der Waals surface area contributed by atoms with Gasteiger partial charge >= 0.3 is 0 Å². The van der Waals surface area contributed by atoms with Crippen molar-refractivity contribution in [1.29, 1.82) is 5.26 Å². The van der Waals surface area contributed by atoms with Gasteiger partial charge < -0.3 is 15.8 Å². The van der Waals surface area contributed by atoms with Gasteiger partial charge in [-0.2, -0.15) is 5.26 Å². The highest BCUT2D eigenvalue weighted by Gasteiger charge is 2.50. The standard InChI is InChI=1S/C17H21N5O2S2/c1-10-5-11-6-26-15(19)22-17(11,9-24-10)14-21-12(7-25-14)20-13(23)16(8-18)3-2-4-16/h7,10-11H,2-6,9H2,1H3,(H2,19,22)(H,20,23)/t10-,11-,17?/m0/s1. The van der Waals surface area contributed by atoms with Gasteiger partial charge in [0.15, 0.2) is 5.17 Å². The van der Waals surface area contributed by atoms with Crippen molar-refractivity contribution in [2.45, 2.75) is 44.2 Å². The first-order chi connectivity index (χ1) is 12.5.